The molecule has 0 saturated carbocycles. The van der Waals surface area contributed by atoms with Crippen LogP contribution >= 0.6 is 0 Å². The molecule has 3 aromatic rings. The number of benzene rings is 2. The second-order valence-electron chi connectivity index (χ2n) is 7.30. The molecule has 0 radical (unpaired) electrons. The monoisotopic (exact) mass is 381 g/mol. The topological polar surface area (TPSA) is 14.2 Å². The van der Waals surface area contributed by atoms with Gasteiger partial charge in [0, 0.05) is 16.8 Å². The fraction of sp³-hybridized carbons (Fsp3) is 0.185. The van der Waals surface area contributed by atoms with E-state index in [0.29, 0.717) is 6.61 Å². The van der Waals surface area contributed by atoms with Crippen LogP contribution in [0.2, 0.25) is 0 Å². The molecule has 2 heterocycles. The molecule has 0 aliphatic carbocycles. The summed E-state index contributed by atoms with van der Waals surface area (Å²) in [6.45, 7) is 8.82. The van der Waals surface area contributed by atoms with E-state index in [0.717, 1.165) is 24.3 Å². The smallest absolute Gasteiger partial charge is 0.123 e. The van der Waals surface area contributed by atoms with Gasteiger partial charge >= 0.3 is 0 Å². The van der Waals surface area contributed by atoms with Crippen molar-refractivity contribution in [1.82, 2.24) is 4.57 Å². The molecule has 1 aromatic heterocycles. The van der Waals surface area contributed by atoms with Gasteiger partial charge in [-0.3, -0.25) is 0 Å². The number of hydrogen-bond donors (Lipinski definition) is 0. The van der Waals surface area contributed by atoms with E-state index in [1.807, 2.05) is 24.3 Å². The first kappa shape index (κ1) is 19.1. The van der Waals surface area contributed by atoms with Crippen molar-refractivity contribution in [3.8, 4) is 5.75 Å². The van der Waals surface area contributed by atoms with Gasteiger partial charge in [0.1, 0.15) is 12.4 Å². The summed E-state index contributed by atoms with van der Waals surface area (Å²) in [6, 6.07) is 15.1. The lowest BCUT2D eigenvalue weighted by Gasteiger charge is -2.11. The van der Waals surface area contributed by atoms with Crippen molar-refractivity contribution in [2.75, 3.05) is 6.61 Å². The fourth-order valence-electron chi connectivity index (χ4n) is 3.94. The molecule has 0 N–H and O–H groups in total. The molecule has 0 unspecified atom stereocenters. The lowest BCUT2D eigenvalue weighted by molar-refractivity contribution is 0.360. The number of nitrogens with zero attached hydrogens (tertiary/aromatic N) is 1. The lowest BCUT2D eigenvalue weighted by Crippen LogP contribution is -1.99. The van der Waals surface area contributed by atoms with Gasteiger partial charge in [0.15, 0.2) is 0 Å². The van der Waals surface area contributed by atoms with Gasteiger partial charge in [0.2, 0.25) is 0 Å². The highest BCUT2D eigenvalue weighted by Crippen LogP contribution is 2.32. The largest absolute Gasteiger partial charge is 0.489 e. The minimum absolute atomic E-state index is 0.560. The number of fused-ring (bicyclic) bond motifs is 2. The van der Waals surface area contributed by atoms with Crippen LogP contribution in [0.4, 0.5) is 0 Å². The van der Waals surface area contributed by atoms with Crippen molar-refractivity contribution in [2.45, 2.75) is 26.7 Å². The summed E-state index contributed by atoms with van der Waals surface area (Å²) >= 11 is 0. The van der Waals surface area contributed by atoms with Crippen LogP contribution in [-0.4, -0.2) is 11.2 Å². The molecular weight excluding hydrogens is 354 g/mol. The number of hydrogen-bond acceptors (Lipinski definition) is 1. The van der Waals surface area contributed by atoms with Gasteiger partial charge in [0.05, 0.1) is 5.52 Å². The Bertz CT molecular complexity index is 1140. The predicted molar refractivity (Wildman–Crippen MR) is 124 cm³/mol. The molecule has 2 aromatic carbocycles. The highest BCUT2D eigenvalue weighted by atomic mass is 16.5. The van der Waals surface area contributed by atoms with Crippen LogP contribution in [-0.2, 0) is 12.8 Å². The summed E-state index contributed by atoms with van der Waals surface area (Å²) in [5, 5.41) is 1.30. The average Bonchev–Trinajstić information content (AvgIpc) is 3.08. The maximum Gasteiger partial charge on any atom is 0.123 e. The van der Waals surface area contributed by atoms with Crippen LogP contribution in [0.5, 0.6) is 5.75 Å². The summed E-state index contributed by atoms with van der Waals surface area (Å²) in [7, 11) is 0. The molecule has 146 valence electrons. The SMILES string of the molecule is C=C/C=C\c1c(C)c2cc(CC)ccc2n1C1=C/Cc2ccccc2OC/C=C\1. The Labute approximate surface area is 173 Å². The zero-order valence-electron chi connectivity index (χ0n) is 17.2. The molecule has 0 atom stereocenters. The van der Waals surface area contributed by atoms with E-state index in [9.17, 15) is 0 Å². The quantitative estimate of drug-likeness (QED) is 0.456. The molecule has 0 saturated heterocycles. The van der Waals surface area contributed by atoms with E-state index in [1.165, 1.54) is 33.3 Å². The molecule has 4 rings (SSSR count). The molecule has 2 heteroatoms. The van der Waals surface area contributed by atoms with Crippen molar-refractivity contribution in [2.24, 2.45) is 0 Å². The molecule has 2 nitrogen and oxygen atoms in total. The predicted octanol–water partition coefficient (Wildman–Crippen LogP) is 6.74. The molecule has 0 amide bonds. The number of ether oxygens (including phenoxy) is 1. The van der Waals surface area contributed by atoms with Crippen molar-refractivity contribution in [3.05, 3.63) is 102 Å². The Hall–Kier alpha value is -3.26. The van der Waals surface area contributed by atoms with E-state index in [4.69, 9.17) is 4.74 Å². The second-order valence-corrected chi connectivity index (χ2v) is 7.30. The summed E-state index contributed by atoms with van der Waals surface area (Å²) in [4.78, 5) is 0. The van der Waals surface area contributed by atoms with E-state index >= 15 is 0 Å². The fourth-order valence-corrected chi connectivity index (χ4v) is 3.94. The number of aromatic nitrogens is 1. The van der Waals surface area contributed by atoms with Gasteiger partial charge in [-0.25, -0.2) is 0 Å². The maximum absolute atomic E-state index is 5.95. The van der Waals surface area contributed by atoms with Gasteiger partial charge in [-0.1, -0.05) is 56.0 Å². The number of para-hydroxylation sites is 1. The van der Waals surface area contributed by atoms with Gasteiger partial charge in [-0.2, -0.15) is 0 Å². The first-order valence-corrected chi connectivity index (χ1v) is 10.2. The zero-order valence-corrected chi connectivity index (χ0v) is 17.2. The van der Waals surface area contributed by atoms with Crippen LogP contribution in [0, 0.1) is 6.92 Å². The van der Waals surface area contributed by atoms with Gasteiger partial charge in [0.25, 0.3) is 0 Å². The first-order chi connectivity index (χ1) is 14.2. The zero-order chi connectivity index (χ0) is 20.2. The van der Waals surface area contributed by atoms with Crippen molar-refractivity contribution in [1.29, 1.82) is 0 Å². The van der Waals surface area contributed by atoms with E-state index in [2.05, 4.69) is 79.6 Å². The molecule has 29 heavy (non-hydrogen) atoms. The van der Waals surface area contributed by atoms with E-state index < -0.39 is 0 Å². The summed E-state index contributed by atoms with van der Waals surface area (Å²) in [5.74, 6) is 0.961. The van der Waals surface area contributed by atoms with E-state index in [1.54, 1.807) is 0 Å². The third-order valence-corrected chi connectivity index (χ3v) is 5.52. The normalized spacial score (nSPS) is 17.0. The molecular formula is C27H27NO. The molecule has 0 fully saturated rings. The molecule has 0 spiro atoms. The Morgan fingerprint density at radius 1 is 1.17 bits per heavy atom. The van der Waals surface area contributed by atoms with E-state index in [-0.39, 0.29) is 0 Å². The van der Waals surface area contributed by atoms with Gasteiger partial charge in [-0.05, 0) is 72.9 Å². The minimum atomic E-state index is 0.560. The molecule has 1 aliphatic rings. The van der Waals surface area contributed by atoms with Crippen LogP contribution in [0.3, 0.4) is 0 Å². The Morgan fingerprint density at radius 2 is 2.03 bits per heavy atom. The average molecular weight is 382 g/mol. The molecule has 0 bridgehead atoms. The lowest BCUT2D eigenvalue weighted by atomic mass is 10.1. The first-order valence-electron chi connectivity index (χ1n) is 10.2. The summed E-state index contributed by atoms with van der Waals surface area (Å²) in [6.07, 6.45) is 14.4. The van der Waals surface area contributed by atoms with Crippen molar-refractivity contribution in [3.63, 3.8) is 0 Å². The standard InChI is InChI=1S/C27H27NO/c1-4-6-12-25-20(3)24-19-21(5-2)14-17-26(24)28(25)23-11-9-18-29-27-13-8-7-10-22(27)15-16-23/h4,6-14,16-17,19H,1,5,15,18H2,2-3H3/b11-9-,12-6-,23-16+. The summed E-state index contributed by atoms with van der Waals surface area (Å²) in [5.41, 5.74) is 7.44. The van der Waals surface area contributed by atoms with Crippen LogP contribution in [0.15, 0.2) is 79.4 Å². The van der Waals surface area contributed by atoms with Gasteiger partial charge in [-0.15, -0.1) is 0 Å². The summed E-state index contributed by atoms with van der Waals surface area (Å²) < 4.78 is 8.31. The Balaban J connectivity index is 1.92. The minimum Gasteiger partial charge on any atom is -0.489 e. The van der Waals surface area contributed by atoms with Crippen LogP contribution in [0.25, 0.3) is 22.7 Å². The third-order valence-electron chi connectivity index (χ3n) is 5.52. The van der Waals surface area contributed by atoms with Crippen LogP contribution in [0.1, 0.15) is 29.3 Å². The second kappa shape index (κ2) is 8.40. The van der Waals surface area contributed by atoms with Crippen molar-refractivity contribution < 1.29 is 4.74 Å². The number of aryl methyl sites for hydroxylation is 2. The van der Waals surface area contributed by atoms with Crippen molar-refractivity contribution >= 4 is 22.7 Å². The number of allylic oxidation sites excluding steroid dienone is 5. The third kappa shape index (κ3) is 3.71. The number of rotatable bonds is 4. The Morgan fingerprint density at radius 3 is 2.86 bits per heavy atom. The highest BCUT2D eigenvalue weighted by Gasteiger charge is 2.15. The van der Waals surface area contributed by atoms with Crippen LogP contribution < -0.4 is 4.74 Å². The van der Waals surface area contributed by atoms with Gasteiger partial charge < -0.3 is 9.30 Å². The highest BCUT2D eigenvalue weighted by molar-refractivity contribution is 5.92. The molecule has 1 aliphatic heterocycles. The maximum atomic E-state index is 5.95. The Kier molecular flexibility index (Phi) is 5.53.